The van der Waals surface area contributed by atoms with Crippen LogP contribution in [0.15, 0.2) is 24.4 Å². The molecule has 0 N–H and O–H groups in total. The average Bonchev–Trinajstić information content (AvgIpc) is 2.70. The Labute approximate surface area is 98.9 Å². The normalized spacial score (nSPS) is 10.5. The van der Waals surface area contributed by atoms with Crippen molar-refractivity contribution in [2.24, 2.45) is 0 Å². The molecule has 0 fully saturated rings. The first-order valence-corrected chi connectivity index (χ1v) is 5.45. The number of nitrogens with zero attached hydrogens (tertiary/aromatic N) is 2. The lowest BCUT2D eigenvalue weighted by Gasteiger charge is -2.03. The second kappa shape index (κ2) is 4.49. The van der Waals surface area contributed by atoms with E-state index in [1.54, 1.807) is 10.7 Å². The minimum atomic E-state index is -0.406. The Morgan fingerprint density at radius 3 is 2.76 bits per heavy atom. The molecule has 0 aliphatic carbocycles. The predicted molar refractivity (Wildman–Crippen MR) is 63.4 cm³/mol. The zero-order chi connectivity index (χ0) is 12.4. The SMILES string of the molecule is CCn1cc(-c2ccc(F)cc2C=O)c(C)n1. The first-order chi connectivity index (χ1) is 8.15. The summed E-state index contributed by atoms with van der Waals surface area (Å²) >= 11 is 0. The van der Waals surface area contributed by atoms with E-state index in [1.165, 1.54) is 12.1 Å². The van der Waals surface area contributed by atoms with Crippen LogP contribution in [0.5, 0.6) is 0 Å². The largest absolute Gasteiger partial charge is 0.298 e. The maximum Gasteiger partial charge on any atom is 0.150 e. The van der Waals surface area contributed by atoms with E-state index in [1.807, 2.05) is 20.0 Å². The van der Waals surface area contributed by atoms with Gasteiger partial charge in [-0.25, -0.2) is 4.39 Å². The molecule has 0 saturated heterocycles. The minimum absolute atomic E-state index is 0.351. The van der Waals surface area contributed by atoms with E-state index in [2.05, 4.69) is 5.10 Å². The van der Waals surface area contributed by atoms with Gasteiger partial charge in [-0.3, -0.25) is 9.48 Å². The van der Waals surface area contributed by atoms with Crippen LogP contribution in [0.1, 0.15) is 23.0 Å². The van der Waals surface area contributed by atoms with Crippen LogP contribution in [0.25, 0.3) is 11.1 Å². The van der Waals surface area contributed by atoms with Gasteiger partial charge in [0.25, 0.3) is 0 Å². The molecule has 2 rings (SSSR count). The molecule has 0 saturated carbocycles. The lowest BCUT2D eigenvalue weighted by atomic mass is 10.0. The van der Waals surface area contributed by atoms with Gasteiger partial charge in [-0.05, 0) is 31.5 Å². The topological polar surface area (TPSA) is 34.9 Å². The van der Waals surface area contributed by atoms with Crippen LogP contribution in [-0.4, -0.2) is 16.1 Å². The van der Waals surface area contributed by atoms with E-state index < -0.39 is 5.82 Å². The zero-order valence-electron chi connectivity index (χ0n) is 9.77. The molecule has 0 radical (unpaired) electrons. The standard InChI is InChI=1S/C13H13FN2O/c1-3-16-7-13(9(2)15-16)12-5-4-11(14)6-10(12)8-17/h4-8H,3H2,1-2H3. The van der Waals surface area contributed by atoms with Gasteiger partial charge in [-0.15, -0.1) is 0 Å². The summed E-state index contributed by atoms with van der Waals surface area (Å²) in [6.07, 6.45) is 2.54. The van der Waals surface area contributed by atoms with Crippen LogP contribution in [0, 0.1) is 12.7 Å². The van der Waals surface area contributed by atoms with Gasteiger partial charge >= 0.3 is 0 Å². The van der Waals surface area contributed by atoms with Crippen molar-refractivity contribution in [2.45, 2.75) is 20.4 Å². The number of rotatable bonds is 3. The third kappa shape index (κ3) is 2.11. The van der Waals surface area contributed by atoms with Crippen molar-refractivity contribution in [2.75, 3.05) is 0 Å². The van der Waals surface area contributed by atoms with Crippen LogP contribution in [0.3, 0.4) is 0 Å². The molecule has 0 amide bonds. The van der Waals surface area contributed by atoms with Crippen LogP contribution in [-0.2, 0) is 6.54 Å². The fourth-order valence-electron chi connectivity index (χ4n) is 1.82. The van der Waals surface area contributed by atoms with Crippen molar-refractivity contribution in [3.8, 4) is 11.1 Å². The zero-order valence-corrected chi connectivity index (χ0v) is 9.77. The van der Waals surface area contributed by atoms with E-state index in [0.29, 0.717) is 11.8 Å². The fraction of sp³-hybridized carbons (Fsp3) is 0.231. The Balaban J connectivity index is 2.59. The Morgan fingerprint density at radius 2 is 2.18 bits per heavy atom. The van der Waals surface area contributed by atoms with Gasteiger partial charge < -0.3 is 0 Å². The summed E-state index contributed by atoms with van der Waals surface area (Å²) in [5.41, 5.74) is 2.78. The summed E-state index contributed by atoms with van der Waals surface area (Å²) in [5.74, 6) is -0.406. The van der Waals surface area contributed by atoms with Crippen molar-refractivity contribution in [3.63, 3.8) is 0 Å². The van der Waals surface area contributed by atoms with Crippen molar-refractivity contribution >= 4 is 6.29 Å². The number of benzene rings is 1. The number of aromatic nitrogens is 2. The molecule has 1 heterocycles. The summed E-state index contributed by atoms with van der Waals surface area (Å²) in [7, 11) is 0. The molecule has 0 atom stereocenters. The molecular formula is C13H13FN2O. The molecule has 2 aromatic rings. The summed E-state index contributed by atoms with van der Waals surface area (Å²) in [5, 5.41) is 4.31. The van der Waals surface area contributed by atoms with Crippen LogP contribution < -0.4 is 0 Å². The summed E-state index contributed by atoms with van der Waals surface area (Å²) in [4.78, 5) is 10.9. The Hall–Kier alpha value is -1.97. The number of hydrogen-bond donors (Lipinski definition) is 0. The van der Waals surface area contributed by atoms with E-state index in [9.17, 15) is 9.18 Å². The maximum atomic E-state index is 13.0. The van der Waals surface area contributed by atoms with Gasteiger partial charge in [-0.1, -0.05) is 6.07 Å². The number of halogens is 1. The summed E-state index contributed by atoms with van der Waals surface area (Å²) in [6, 6.07) is 4.21. The molecule has 1 aromatic carbocycles. The van der Waals surface area contributed by atoms with Gasteiger partial charge in [0, 0.05) is 23.9 Å². The molecule has 1 aromatic heterocycles. The minimum Gasteiger partial charge on any atom is -0.298 e. The fourth-order valence-corrected chi connectivity index (χ4v) is 1.82. The highest BCUT2D eigenvalue weighted by Crippen LogP contribution is 2.26. The lowest BCUT2D eigenvalue weighted by Crippen LogP contribution is -1.93. The third-order valence-corrected chi connectivity index (χ3v) is 2.70. The van der Waals surface area contributed by atoms with Crippen molar-refractivity contribution < 1.29 is 9.18 Å². The first-order valence-electron chi connectivity index (χ1n) is 5.45. The average molecular weight is 232 g/mol. The Bertz CT molecular complexity index is 561. The van der Waals surface area contributed by atoms with Crippen LogP contribution in [0.4, 0.5) is 4.39 Å². The van der Waals surface area contributed by atoms with E-state index in [4.69, 9.17) is 0 Å². The summed E-state index contributed by atoms with van der Waals surface area (Å²) < 4.78 is 14.8. The van der Waals surface area contributed by atoms with Crippen molar-refractivity contribution in [3.05, 3.63) is 41.5 Å². The molecule has 0 aliphatic rings. The van der Waals surface area contributed by atoms with Crippen LogP contribution >= 0.6 is 0 Å². The molecule has 0 bridgehead atoms. The second-order valence-corrected chi connectivity index (χ2v) is 3.83. The van der Waals surface area contributed by atoms with Gasteiger partial charge in [0.15, 0.2) is 6.29 Å². The summed E-state index contributed by atoms with van der Waals surface area (Å²) in [6.45, 7) is 4.62. The van der Waals surface area contributed by atoms with E-state index in [-0.39, 0.29) is 0 Å². The third-order valence-electron chi connectivity index (χ3n) is 2.70. The molecule has 88 valence electrons. The smallest absolute Gasteiger partial charge is 0.150 e. The van der Waals surface area contributed by atoms with Gasteiger partial charge in [0.05, 0.1) is 5.69 Å². The van der Waals surface area contributed by atoms with Gasteiger partial charge in [0.2, 0.25) is 0 Å². The Morgan fingerprint density at radius 1 is 1.41 bits per heavy atom. The van der Waals surface area contributed by atoms with Crippen LogP contribution in [0.2, 0.25) is 0 Å². The van der Waals surface area contributed by atoms with E-state index >= 15 is 0 Å². The van der Waals surface area contributed by atoms with E-state index in [0.717, 1.165) is 23.4 Å². The lowest BCUT2D eigenvalue weighted by molar-refractivity contribution is 0.112. The monoisotopic (exact) mass is 232 g/mol. The Kier molecular flexibility index (Phi) is 3.04. The maximum absolute atomic E-state index is 13.0. The molecule has 0 unspecified atom stereocenters. The number of hydrogen-bond acceptors (Lipinski definition) is 2. The molecule has 0 aliphatic heterocycles. The highest BCUT2D eigenvalue weighted by Gasteiger charge is 2.11. The molecular weight excluding hydrogens is 219 g/mol. The van der Waals surface area contributed by atoms with Crippen molar-refractivity contribution in [1.29, 1.82) is 0 Å². The molecule has 0 spiro atoms. The quantitative estimate of drug-likeness (QED) is 0.763. The molecule has 3 nitrogen and oxygen atoms in total. The molecule has 4 heteroatoms. The number of aldehydes is 1. The highest BCUT2D eigenvalue weighted by atomic mass is 19.1. The molecule has 17 heavy (non-hydrogen) atoms. The van der Waals surface area contributed by atoms with Gasteiger partial charge in [-0.2, -0.15) is 5.10 Å². The highest BCUT2D eigenvalue weighted by molar-refractivity contribution is 5.87. The number of aryl methyl sites for hydroxylation is 2. The van der Waals surface area contributed by atoms with Gasteiger partial charge in [0.1, 0.15) is 5.82 Å². The van der Waals surface area contributed by atoms with Crippen molar-refractivity contribution in [1.82, 2.24) is 9.78 Å². The number of carbonyl (C=O) groups is 1. The second-order valence-electron chi connectivity index (χ2n) is 3.83. The predicted octanol–water partition coefficient (Wildman–Crippen LogP) is 2.83. The number of carbonyl (C=O) groups excluding carboxylic acids is 1. The first kappa shape index (κ1) is 11.5.